The van der Waals surface area contributed by atoms with E-state index >= 15 is 0 Å². The summed E-state index contributed by atoms with van der Waals surface area (Å²) in [5.74, 6) is 0.343. The van der Waals surface area contributed by atoms with Gasteiger partial charge in [-0.05, 0) is 44.4 Å². The van der Waals surface area contributed by atoms with Crippen LogP contribution in [0.3, 0.4) is 0 Å². The van der Waals surface area contributed by atoms with Crippen LogP contribution in [0.4, 0.5) is 4.79 Å². The number of nitrogens with one attached hydrogen (secondary N) is 2. The predicted molar refractivity (Wildman–Crippen MR) is 115 cm³/mol. The lowest BCUT2D eigenvalue weighted by Gasteiger charge is -2.32. The first-order valence-corrected chi connectivity index (χ1v) is 10.3. The molecule has 4 rings (SSSR count). The first kappa shape index (κ1) is 19.2. The SMILES string of the molecule is CCNC(=O)N1CCC(c2[nH]nc(-c3ccc(C)cc3)c2-c2ccncc2)CC1. The molecule has 3 aromatic rings. The van der Waals surface area contributed by atoms with Gasteiger partial charge in [0, 0.05) is 54.8 Å². The Hall–Kier alpha value is -3.15. The molecule has 6 nitrogen and oxygen atoms in total. The number of aryl methyl sites for hydroxylation is 1. The molecule has 150 valence electrons. The van der Waals surface area contributed by atoms with Crippen LogP contribution in [0.2, 0.25) is 0 Å². The van der Waals surface area contributed by atoms with Crippen LogP contribution in [0.15, 0.2) is 48.8 Å². The molecule has 1 aliphatic heterocycles. The molecule has 1 aliphatic rings. The Morgan fingerprint density at radius 3 is 2.45 bits per heavy atom. The van der Waals surface area contributed by atoms with E-state index in [0.29, 0.717) is 12.5 Å². The third-order valence-corrected chi connectivity index (χ3v) is 5.61. The van der Waals surface area contributed by atoms with Crippen molar-refractivity contribution in [3.8, 4) is 22.4 Å². The minimum absolute atomic E-state index is 0.0327. The minimum Gasteiger partial charge on any atom is -0.338 e. The minimum atomic E-state index is 0.0327. The second kappa shape index (κ2) is 8.47. The summed E-state index contributed by atoms with van der Waals surface area (Å²) >= 11 is 0. The zero-order valence-electron chi connectivity index (χ0n) is 17.0. The van der Waals surface area contributed by atoms with Crippen molar-refractivity contribution in [2.75, 3.05) is 19.6 Å². The molecule has 0 bridgehead atoms. The van der Waals surface area contributed by atoms with E-state index < -0.39 is 0 Å². The number of pyridine rings is 1. The number of aromatic amines is 1. The van der Waals surface area contributed by atoms with Gasteiger partial charge < -0.3 is 10.2 Å². The van der Waals surface area contributed by atoms with Crippen LogP contribution in [0, 0.1) is 6.92 Å². The highest BCUT2D eigenvalue weighted by atomic mass is 16.2. The lowest BCUT2D eigenvalue weighted by molar-refractivity contribution is 0.181. The monoisotopic (exact) mass is 389 g/mol. The summed E-state index contributed by atoms with van der Waals surface area (Å²) in [6.45, 7) is 6.20. The Balaban J connectivity index is 1.66. The highest BCUT2D eigenvalue weighted by Gasteiger charge is 2.28. The molecule has 3 heterocycles. The average Bonchev–Trinajstić information content (AvgIpc) is 3.20. The number of H-pyrrole nitrogens is 1. The van der Waals surface area contributed by atoms with E-state index in [9.17, 15) is 4.79 Å². The number of rotatable bonds is 4. The number of hydrogen-bond donors (Lipinski definition) is 2. The molecule has 1 saturated heterocycles. The number of amides is 2. The highest BCUT2D eigenvalue weighted by Crippen LogP contribution is 2.39. The Labute approximate surface area is 171 Å². The van der Waals surface area contributed by atoms with Crippen molar-refractivity contribution in [1.29, 1.82) is 0 Å². The Kier molecular flexibility index (Phi) is 5.60. The maximum atomic E-state index is 12.1. The van der Waals surface area contributed by atoms with Gasteiger partial charge in [0.2, 0.25) is 0 Å². The summed E-state index contributed by atoms with van der Waals surface area (Å²) in [6, 6.07) is 12.6. The molecular weight excluding hydrogens is 362 g/mol. The van der Waals surface area contributed by atoms with Crippen molar-refractivity contribution in [1.82, 2.24) is 25.4 Å². The zero-order valence-corrected chi connectivity index (χ0v) is 17.0. The van der Waals surface area contributed by atoms with Gasteiger partial charge in [-0.15, -0.1) is 0 Å². The van der Waals surface area contributed by atoms with Crippen molar-refractivity contribution in [3.05, 3.63) is 60.0 Å². The van der Waals surface area contributed by atoms with E-state index in [1.54, 1.807) is 0 Å². The number of nitrogens with zero attached hydrogens (tertiary/aromatic N) is 3. The van der Waals surface area contributed by atoms with Gasteiger partial charge in [-0.2, -0.15) is 5.10 Å². The smallest absolute Gasteiger partial charge is 0.317 e. The van der Waals surface area contributed by atoms with Crippen LogP contribution >= 0.6 is 0 Å². The normalized spacial score (nSPS) is 14.8. The van der Waals surface area contributed by atoms with Gasteiger partial charge >= 0.3 is 6.03 Å². The molecule has 2 aromatic heterocycles. The van der Waals surface area contributed by atoms with Gasteiger partial charge in [0.15, 0.2) is 0 Å². The fourth-order valence-electron chi connectivity index (χ4n) is 4.02. The highest BCUT2D eigenvalue weighted by molar-refractivity contribution is 5.83. The summed E-state index contributed by atoms with van der Waals surface area (Å²) in [4.78, 5) is 18.2. The Morgan fingerprint density at radius 2 is 1.79 bits per heavy atom. The number of urea groups is 1. The van der Waals surface area contributed by atoms with Crippen LogP contribution in [-0.2, 0) is 0 Å². The molecular formula is C23H27N5O. The quantitative estimate of drug-likeness (QED) is 0.696. The van der Waals surface area contributed by atoms with Crippen LogP contribution < -0.4 is 5.32 Å². The molecule has 0 saturated carbocycles. The number of carbonyl (C=O) groups is 1. The van der Waals surface area contributed by atoms with Crippen molar-refractivity contribution in [2.24, 2.45) is 0 Å². The van der Waals surface area contributed by atoms with E-state index in [2.05, 4.69) is 46.6 Å². The molecule has 1 aromatic carbocycles. The summed E-state index contributed by atoms with van der Waals surface area (Å²) in [6.07, 6.45) is 5.49. The van der Waals surface area contributed by atoms with Crippen molar-refractivity contribution in [2.45, 2.75) is 32.6 Å². The van der Waals surface area contributed by atoms with E-state index in [4.69, 9.17) is 5.10 Å². The molecule has 0 aliphatic carbocycles. The number of hydrogen-bond acceptors (Lipinski definition) is 3. The average molecular weight is 390 g/mol. The van der Waals surface area contributed by atoms with Gasteiger partial charge in [-0.25, -0.2) is 4.79 Å². The molecule has 0 spiro atoms. The second-order valence-corrected chi connectivity index (χ2v) is 7.56. The molecule has 0 unspecified atom stereocenters. The predicted octanol–water partition coefficient (Wildman–Crippen LogP) is 4.36. The first-order chi connectivity index (χ1) is 14.2. The number of piperidine rings is 1. The molecule has 2 amide bonds. The van der Waals surface area contributed by atoms with Crippen molar-refractivity contribution >= 4 is 6.03 Å². The van der Waals surface area contributed by atoms with E-state index in [0.717, 1.165) is 54.0 Å². The molecule has 29 heavy (non-hydrogen) atoms. The van der Waals surface area contributed by atoms with Crippen LogP contribution in [0.5, 0.6) is 0 Å². The first-order valence-electron chi connectivity index (χ1n) is 10.3. The van der Waals surface area contributed by atoms with Crippen LogP contribution in [0.25, 0.3) is 22.4 Å². The third kappa shape index (κ3) is 4.01. The number of aromatic nitrogens is 3. The number of benzene rings is 1. The fraction of sp³-hybridized carbons (Fsp3) is 0.348. The van der Waals surface area contributed by atoms with Crippen LogP contribution in [-0.4, -0.2) is 45.7 Å². The lowest BCUT2D eigenvalue weighted by atomic mass is 9.88. The lowest BCUT2D eigenvalue weighted by Crippen LogP contribution is -2.44. The molecule has 6 heteroatoms. The maximum absolute atomic E-state index is 12.1. The molecule has 0 radical (unpaired) electrons. The summed E-state index contributed by atoms with van der Waals surface area (Å²) in [5, 5.41) is 10.9. The zero-order chi connectivity index (χ0) is 20.2. The maximum Gasteiger partial charge on any atom is 0.317 e. The van der Waals surface area contributed by atoms with Crippen molar-refractivity contribution in [3.63, 3.8) is 0 Å². The van der Waals surface area contributed by atoms with Gasteiger partial charge in [0.1, 0.15) is 5.69 Å². The summed E-state index contributed by atoms with van der Waals surface area (Å²) in [7, 11) is 0. The topological polar surface area (TPSA) is 73.9 Å². The second-order valence-electron chi connectivity index (χ2n) is 7.56. The van der Waals surface area contributed by atoms with Gasteiger partial charge in [0.05, 0.1) is 0 Å². The molecule has 1 fully saturated rings. The standard InChI is InChI=1S/C23H27N5O/c1-3-25-23(29)28-14-10-19(11-15-28)22-20(17-8-12-24-13-9-17)21(26-27-22)18-6-4-16(2)5-7-18/h4-9,12-13,19H,3,10-11,14-15H2,1-2H3,(H,25,29)(H,26,27). The third-order valence-electron chi connectivity index (χ3n) is 5.61. The van der Waals surface area contributed by atoms with Crippen LogP contribution in [0.1, 0.15) is 36.9 Å². The Morgan fingerprint density at radius 1 is 1.10 bits per heavy atom. The van der Waals surface area contributed by atoms with Gasteiger partial charge in [0.25, 0.3) is 0 Å². The largest absolute Gasteiger partial charge is 0.338 e. The number of likely N-dealkylation sites (tertiary alicyclic amines) is 1. The summed E-state index contributed by atoms with van der Waals surface area (Å²) in [5.41, 5.74) is 6.72. The van der Waals surface area contributed by atoms with Gasteiger partial charge in [-0.1, -0.05) is 29.8 Å². The van der Waals surface area contributed by atoms with E-state index in [1.165, 1.54) is 5.56 Å². The van der Waals surface area contributed by atoms with Crippen molar-refractivity contribution < 1.29 is 4.79 Å². The van der Waals surface area contributed by atoms with Gasteiger partial charge in [-0.3, -0.25) is 10.1 Å². The fourth-order valence-corrected chi connectivity index (χ4v) is 4.02. The van der Waals surface area contributed by atoms with E-state index in [-0.39, 0.29) is 6.03 Å². The summed E-state index contributed by atoms with van der Waals surface area (Å²) < 4.78 is 0. The molecule has 2 N–H and O–H groups in total. The van der Waals surface area contributed by atoms with E-state index in [1.807, 2.05) is 36.4 Å². The molecule has 0 atom stereocenters. The Bertz CT molecular complexity index is 957. The number of carbonyl (C=O) groups excluding carboxylic acids is 1.